The van der Waals surface area contributed by atoms with Crippen LogP contribution in [0, 0.1) is 5.92 Å². The monoisotopic (exact) mass is 426 g/mol. The van der Waals surface area contributed by atoms with Crippen LogP contribution in [0.15, 0.2) is 54.6 Å². The number of hydrogen-bond donors (Lipinski definition) is 1. The zero-order chi connectivity index (χ0) is 22.9. The molecule has 0 saturated heterocycles. The number of rotatable bonds is 13. The van der Waals surface area contributed by atoms with E-state index in [1.165, 1.54) is 5.56 Å². The number of ether oxygens (including phenoxy) is 1. The minimum absolute atomic E-state index is 0.271. The van der Waals surface area contributed by atoms with Crippen LogP contribution in [-0.2, 0) is 6.42 Å². The lowest BCUT2D eigenvalue weighted by Gasteiger charge is -2.44. The van der Waals surface area contributed by atoms with E-state index in [0.717, 1.165) is 44.5 Å². The van der Waals surface area contributed by atoms with Crippen LogP contribution < -0.4 is 4.74 Å². The van der Waals surface area contributed by atoms with Gasteiger partial charge in [0.2, 0.25) is 0 Å². The zero-order valence-electron chi connectivity index (χ0n) is 19.7. The van der Waals surface area contributed by atoms with Gasteiger partial charge >= 0.3 is 5.97 Å². The van der Waals surface area contributed by atoms with Crippen molar-refractivity contribution in [3.8, 4) is 5.75 Å². The van der Waals surface area contributed by atoms with Crippen molar-refractivity contribution in [1.82, 2.24) is 9.80 Å². The first kappa shape index (κ1) is 24.9. The van der Waals surface area contributed by atoms with Crippen molar-refractivity contribution in [3.05, 3.63) is 65.7 Å². The summed E-state index contributed by atoms with van der Waals surface area (Å²) >= 11 is 0. The Morgan fingerprint density at radius 2 is 1.55 bits per heavy atom. The average molecular weight is 427 g/mol. The Labute approximate surface area is 187 Å². The van der Waals surface area contributed by atoms with Gasteiger partial charge in [0.05, 0.1) is 5.56 Å². The van der Waals surface area contributed by atoms with Crippen molar-refractivity contribution in [2.24, 2.45) is 5.92 Å². The molecule has 0 heterocycles. The smallest absolute Gasteiger partial charge is 0.335 e. The minimum atomic E-state index is -0.924. The Balaban J connectivity index is 2.26. The number of aromatic carboxylic acids is 1. The summed E-state index contributed by atoms with van der Waals surface area (Å²) in [5, 5.41) is 9.21. The minimum Gasteiger partial charge on any atom is -0.484 e. The molecule has 31 heavy (non-hydrogen) atoms. The second-order valence-electron chi connectivity index (χ2n) is 8.95. The number of aryl methyl sites for hydroxylation is 1. The van der Waals surface area contributed by atoms with Gasteiger partial charge in [-0.25, -0.2) is 4.79 Å². The molecule has 1 N–H and O–H groups in total. The molecule has 1 atom stereocenters. The van der Waals surface area contributed by atoms with Crippen LogP contribution >= 0.6 is 0 Å². The first-order chi connectivity index (χ1) is 14.8. The Bertz CT molecular complexity index is 778. The Hall–Kier alpha value is -2.37. The molecule has 1 unspecified atom stereocenters. The zero-order valence-corrected chi connectivity index (χ0v) is 19.7. The maximum absolute atomic E-state index is 11.2. The summed E-state index contributed by atoms with van der Waals surface area (Å²) in [6, 6.07) is 17.4. The summed E-state index contributed by atoms with van der Waals surface area (Å²) in [5.74, 6) is 0.155. The lowest BCUT2D eigenvalue weighted by Crippen LogP contribution is -2.57. The molecular formula is C26H38N2O3. The van der Waals surface area contributed by atoms with E-state index < -0.39 is 11.6 Å². The van der Waals surface area contributed by atoms with Crippen molar-refractivity contribution in [3.63, 3.8) is 0 Å². The number of carboxylic acid groups (broad SMARTS) is 1. The number of likely N-dealkylation sites (N-methyl/N-ethyl adjacent to an activating group) is 2. The predicted molar refractivity (Wildman–Crippen MR) is 127 cm³/mol. The second kappa shape index (κ2) is 11.9. The van der Waals surface area contributed by atoms with Crippen LogP contribution in [0.2, 0.25) is 0 Å². The second-order valence-corrected chi connectivity index (χ2v) is 8.95. The van der Waals surface area contributed by atoms with Crippen LogP contribution in [0.25, 0.3) is 0 Å². The van der Waals surface area contributed by atoms with E-state index in [2.05, 4.69) is 75.2 Å². The van der Waals surface area contributed by atoms with Gasteiger partial charge in [0.25, 0.3) is 0 Å². The molecule has 0 aliphatic carbocycles. The fourth-order valence-electron chi connectivity index (χ4n) is 4.46. The third-order valence-electron chi connectivity index (χ3n) is 5.69. The summed E-state index contributed by atoms with van der Waals surface area (Å²) in [4.78, 5) is 15.6. The van der Waals surface area contributed by atoms with Crippen molar-refractivity contribution in [2.75, 3.05) is 41.3 Å². The third kappa shape index (κ3) is 7.67. The van der Waals surface area contributed by atoms with Crippen molar-refractivity contribution >= 4 is 5.97 Å². The highest BCUT2D eigenvalue weighted by molar-refractivity contribution is 5.87. The lowest BCUT2D eigenvalue weighted by atomic mass is 9.80. The predicted octanol–water partition coefficient (Wildman–Crippen LogP) is 4.67. The molecule has 0 fully saturated rings. The molecule has 0 aromatic heterocycles. The van der Waals surface area contributed by atoms with Gasteiger partial charge in [0.1, 0.15) is 11.4 Å². The molecule has 2 rings (SSSR count). The molecular weight excluding hydrogens is 388 g/mol. The van der Waals surface area contributed by atoms with Crippen LogP contribution in [-0.4, -0.2) is 67.8 Å². The highest BCUT2D eigenvalue weighted by atomic mass is 16.5. The molecule has 0 radical (unpaired) electrons. The molecule has 2 aromatic carbocycles. The van der Waals surface area contributed by atoms with Gasteiger partial charge in [-0.2, -0.15) is 0 Å². The molecule has 0 aliphatic heterocycles. The van der Waals surface area contributed by atoms with E-state index >= 15 is 0 Å². The number of hydrogen-bond acceptors (Lipinski definition) is 4. The van der Waals surface area contributed by atoms with Gasteiger partial charge < -0.3 is 19.6 Å². The first-order valence-corrected chi connectivity index (χ1v) is 11.1. The highest BCUT2D eigenvalue weighted by Crippen LogP contribution is 2.33. The summed E-state index contributed by atoms with van der Waals surface area (Å²) < 4.78 is 6.74. The molecule has 170 valence electrons. The maximum atomic E-state index is 11.2. The summed E-state index contributed by atoms with van der Waals surface area (Å²) in [7, 11) is 8.33. The summed E-state index contributed by atoms with van der Waals surface area (Å²) in [6.07, 6.45) is 4.25. The molecule has 0 spiro atoms. The topological polar surface area (TPSA) is 53.0 Å². The summed E-state index contributed by atoms with van der Waals surface area (Å²) in [6.45, 7) is 3.82. The van der Waals surface area contributed by atoms with E-state index in [9.17, 15) is 9.90 Å². The Morgan fingerprint density at radius 1 is 0.968 bits per heavy atom. The lowest BCUT2D eigenvalue weighted by molar-refractivity contribution is -0.0362. The third-order valence-corrected chi connectivity index (χ3v) is 5.69. The summed E-state index contributed by atoms with van der Waals surface area (Å²) in [5.41, 5.74) is 1.24. The van der Waals surface area contributed by atoms with Crippen LogP contribution in [0.1, 0.15) is 42.1 Å². The van der Waals surface area contributed by atoms with Crippen molar-refractivity contribution in [1.29, 1.82) is 0 Å². The largest absolute Gasteiger partial charge is 0.484 e. The number of carbonyl (C=O) groups is 1. The van der Waals surface area contributed by atoms with E-state index in [1.54, 1.807) is 24.3 Å². The Kier molecular flexibility index (Phi) is 9.53. The molecule has 0 aliphatic rings. The molecule has 0 bridgehead atoms. The quantitative estimate of drug-likeness (QED) is 0.504. The fraction of sp³-hybridized carbons (Fsp3) is 0.500. The first-order valence-electron chi connectivity index (χ1n) is 11.1. The fourth-order valence-corrected chi connectivity index (χ4v) is 4.46. The van der Waals surface area contributed by atoms with E-state index in [0.29, 0.717) is 5.92 Å². The number of carboxylic acids is 1. The highest BCUT2D eigenvalue weighted by Gasteiger charge is 2.41. The molecule has 0 saturated carbocycles. The van der Waals surface area contributed by atoms with E-state index in [1.807, 2.05) is 0 Å². The molecule has 0 amide bonds. The van der Waals surface area contributed by atoms with Crippen molar-refractivity contribution in [2.45, 2.75) is 38.2 Å². The van der Waals surface area contributed by atoms with E-state index in [4.69, 9.17) is 4.74 Å². The van der Waals surface area contributed by atoms with Crippen molar-refractivity contribution < 1.29 is 14.6 Å². The molecule has 5 nitrogen and oxygen atoms in total. The van der Waals surface area contributed by atoms with Gasteiger partial charge in [-0.3, -0.25) is 0 Å². The van der Waals surface area contributed by atoms with Crippen LogP contribution in [0.3, 0.4) is 0 Å². The average Bonchev–Trinajstić information content (AvgIpc) is 2.71. The SMILES string of the molecule is CCC(CCCc1ccccc1)C(CN(C)C)(CN(C)C)Oc1ccc(C(=O)O)cc1. The normalized spacial score (nSPS) is 12.9. The standard InChI is InChI=1S/C26H38N2O3/c1-6-23(14-10-13-21-11-8-7-9-12-21)26(19-27(2)3,20-28(4)5)31-24-17-15-22(16-18-24)25(29)30/h7-9,11-12,15-18,23H,6,10,13-14,19-20H2,1-5H3,(H,29,30). The van der Waals surface area contributed by atoms with Gasteiger partial charge in [-0.1, -0.05) is 37.3 Å². The van der Waals surface area contributed by atoms with Gasteiger partial charge in [0.15, 0.2) is 0 Å². The van der Waals surface area contributed by atoms with Gasteiger partial charge in [0, 0.05) is 19.0 Å². The molecule has 2 aromatic rings. The van der Waals surface area contributed by atoms with Crippen LogP contribution in [0.4, 0.5) is 0 Å². The van der Waals surface area contributed by atoms with E-state index in [-0.39, 0.29) is 5.56 Å². The Morgan fingerprint density at radius 3 is 2.03 bits per heavy atom. The van der Waals surface area contributed by atoms with Gasteiger partial charge in [-0.05, 0) is 83.7 Å². The molecule has 5 heteroatoms. The van der Waals surface area contributed by atoms with Crippen LogP contribution in [0.5, 0.6) is 5.75 Å². The van der Waals surface area contributed by atoms with Gasteiger partial charge in [-0.15, -0.1) is 0 Å². The number of benzene rings is 2. The number of nitrogens with zero attached hydrogens (tertiary/aromatic N) is 2. The maximum Gasteiger partial charge on any atom is 0.335 e.